The second-order valence-corrected chi connectivity index (χ2v) is 6.78. The van der Waals surface area contributed by atoms with Gasteiger partial charge in [-0.15, -0.1) is 0 Å². The Morgan fingerprint density at radius 1 is 0.885 bits per heavy atom. The number of hydrogen-bond acceptors (Lipinski definition) is 2. The highest BCUT2D eigenvalue weighted by Crippen LogP contribution is 2.34. The zero-order valence-electron chi connectivity index (χ0n) is 14.2. The van der Waals surface area contributed by atoms with Crippen LogP contribution in [-0.4, -0.2) is 10.8 Å². The molecule has 4 aromatic rings. The molecule has 2 heterocycles. The lowest BCUT2D eigenvalue weighted by molar-refractivity contribution is 0.103. The molecule has 3 nitrogen and oxygen atoms in total. The number of fused-ring (bicyclic) bond motifs is 2. The molecule has 0 saturated carbocycles. The summed E-state index contributed by atoms with van der Waals surface area (Å²) in [5.41, 5.74) is 5.98. The lowest BCUT2D eigenvalue weighted by Crippen LogP contribution is -2.08. The SMILES string of the molecule is O=C(c1cccc(C2Cc3ccccc3N2)c1)c1cc2ccccc2[nH]1. The fourth-order valence-corrected chi connectivity index (χ4v) is 3.75. The molecule has 0 fully saturated rings. The first-order valence-corrected chi connectivity index (χ1v) is 8.85. The predicted octanol–water partition coefficient (Wildman–Crippen LogP) is 5.11. The molecule has 26 heavy (non-hydrogen) atoms. The van der Waals surface area contributed by atoms with Gasteiger partial charge in [-0.3, -0.25) is 4.79 Å². The van der Waals surface area contributed by atoms with Crippen molar-refractivity contribution < 1.29 is 4.79 Å². The second-order valence-electron chi connectivity index (χ2n) is 6.78. The molecule has 1 aliphatic heterocycles. The summed E-state index contributed by atoms with van der Waals surface area (Å²) in [7, 11) is 0. The van der Waals surface area contributed by atoms with Crippen molar-refractivity contribution in [3.63, 3.8) is 0 Å². The zero-order valence-corrected chi connectivity index (χ0v) is 14.2. The first kappa shape index (κ1) is 15.0. The van der Waals surface area contributed by atoms with E-state index >= 15 is 0 Å². The van der Waals surface area contributed by atoms with Crippen LogP contribution in [0.25, 0.3) is 10.9 Å². The number of para-hydroxylation sites is 2. The van der Waals surface area contributed by atoms with Crippen LogP contribution in [0.4, 0.5) is 5.69 Å². The molecule has 0 amide bonds. The third kappa shape index (κ3) is 2.49. The van der Waals surface area contributed by atoms with E-state index in [-0.39, 0.29) is 11.8 Å². The van der Waals surface area contributed by atoms with Crippen molar-refractivity contribution >= 4 is 22.4 Å². The molecular formula is C23H18N2O. The fourth-order valence-electron chi connectivity index (χ4n) is 3.75. The number of nitrogens with one attached hydrogen (secondary N) is 2. The summed E-state index contributed by atoms with van der Waals surface area (Å²) in [5.74, 6) is 0.0264. The Balaban J connectivity index is 1.46. The number of benzene rings is 3. The predicted molar refractivity (Wildman–Crippen MR) is 105 cm³/mol. The van der Waals surface area contributed by atoms with Gasteiger partial charge >= 0.3 is 0 Å². The second kappa shape index (κ2) is 5.88. The van der Waals surface area contributed by atoms with E-state index in [1.165, 1.54) is 11.3 Å². The molecule has 1 atom stereocenters. The highest BCUT2D eigenvalue weighted by atomic mass is 16.1. The van der Waals surface area contributed by atoms with Gasteiger partial charge in [0, 0.05) is 22.2 Å². The van der Waals surface area contributed by atoms with Gasteiger partial charge in [-0.2, -0.15) is 0 Å². The molecule has 0 radical (unpaired) electrons. The molecule has 3 aromatic carbocycles. The van der Waals surface area contributed by atoms with Crippen molar-refractivity contribution in [2.24, 2.45) is 0 Å². The first-order valence-electron chi connectivity index (χ1n) is 8.85. The summed E-state index contributed by atoms with van der Waals surface area (Å²) >= 11 is 0. The summed E-state index contributed by atoms with van der Waals surface area (Å²) in [6.45, 7) is 0. The van der Waals surface area contributed by atoms with Crippen LogP contribution < -0.4 is 5.32 Å². The third-order valence-electron chi connectivity index (χ3n) is 5.10. The lowest BCUT2D eigenvalue weighted by atomic mass is 9.98. The normalized spacial score (nSPS) is 15.6. The largest absolute Gasteiger partial charge is 0.378 e. The van der Waals surface area contributed by atoms with Gasteiger partial charge in [-0.05, 0) is 41.8 Å². The molecule has 0 bridgehead atoms. The maximum absolute atomic E-state index is 12.9. The van der Waals surface area contributed by atoms with Gasteiger partial charge in [-0.1, -0.05) is 54.6 Å². The molecule has 1 unspecified atom stereocenters. The van der Waals surface area contributed by atoms with E-state index in [9.17, 15) is 4.79 Å². The highest BCUT2D eigenvalue weighted by molar-refractivity contribution is 6.10. The van der Waals surface area contributed by atoms with Crippen molar-refractivity contribution in [2.75, 3.05) is 5.32 Å². The van der Waals surface area contributed by atoms with E-state index in [0.29, 0.717) is 11.3 Å². The van der Waals surface area contributed by atoms with Crippen LogP contribution in [0.5, 0.6) is 0 Å². The van der Waals surface area contributed by atoms with Crippen molar-refractivity contribution in [1.29, 1.82) is 0 Å². The van der Waals surface area contributed by atoms with E-state index in [0.717, 1.165) is 22.9 Å². The van der Waals surface area contributed by atoms with Gasteiger partial charge in [0.05, 0.1) is 11.7 Å². The summed E-state index contributed by atoms with van der Waals surface area (Å²) in [6.07, 6.45) is 0.945. The van der Waals surface area contributed by atoms with Crippen LogP contribution in [0.3, 0.4) is 0 Å². The highest BCUT2D eigenvalue weighted by Gasteiger charge is 2.22. The Morgan fingerprint density at radius 2 is 1.73 bits per heavy atom. The van der Waals surface area contributed by atoms with E-state index in [4.69, 9.17) is 0 Å². The lowest BCUT2D eigenvalue weighted by Gasteiger charge is -2.12. The maximum Gasteiger partial charge on any atom is 0.209 e. The zero-order chi connectivity index (χ0) is 17.5. The topological polar surface area (TPSA) is 44.9 Å². The molecule has 0 spiro atoms. The molecule has 126 valence electrons. The minimum absolute atomic E-state index is 0.0264. The summed E-state index contributed by atoms with van der Waals surface area (Å²) < 4.78 is 0. The van der Waals surface area contributed by atoms with Crippen molar-refractivity contribution in [2.45, 2.75) is 12.5 Å². The first-order chi connectivity index (χ1) is 12.8. The van der Waals surface area contributed by atoms with Crippen molar-refractivity contribution in [3.8, 4) is 0 Å². The molecule has 1 aromatic heterocycles. The van der Waals surface area contributed by atoms with Gasteiger partial charge in [0.25, 0.3) is 0 Å². The van der Waals surface area contributed by atoms with E-state index < -0.39 is 0 Å². The smallest absolute Gasteiger partial charge is 0.209 e. The van der Waals surface area contributed by atoms with E-state index in [2.05, 4.69) is 34.6 Å². The minimum atomic E-state index is 0.0264. The van der Waals surface area contributed by atoms with Crippen LogP contribution in [0.2, 0.25) is 0 Å². The quantitative estimate of drug-likeness (QED) is 0.510. The van der Waals surface area contributed by atoms with Crippen LogP contribution in [0.15, 0.2) is 78.9 Å². The summed E-state index contributed by atoms with van der Waals surface area (Å²) in [4.78, 5) is 16.2. The van der Waals surface area contributed by atoms with Gasteiger partial charge < -0.3 is 10.3 Å². The molecule has 0 aliphatic carbocycles. The fraction of sp³-hybridized carbons (Fsp3) is 0.0870. The molecule has 3 heteroatoms. The summed E-state index contributed by atoms with van der Waals surface area (Å²) in [6, 6.07) is 26.4. The number of rotatable bonds is 3. The van der Waals surface area contributed by atoms with Gasteiger partial charge in [0.15, 0.2) is 0 Å². The average Bonchev–Trinajstić information content (AvgIpc) is 3.31. The van der Waals surface area contributed by atoms with Crippen LogP contribution >= 0.6 is 0 Å². The Morgan fingerprint density at radius 3 is 2.62 bits per heavy atom. The van der Waals surface area contributed by atoms with E-state index in [1.807, 2.05) is 54.6 Å². The Kier molecular flexibility index (Phi) is 3.39. The van der Waals surface area contributed by atoms with Crippen molar-refractivity contribution in [1.82, 2.24) is 4.98 Å². The number of aromatic amines is 1. The number of carbonyl (C=O) groups is 1. The number of carbonyl (C=O) groups excluding carboxylic acids is 1. The number of hydrogen-bond donors (Lipinski definition) is 2. The molecular weight excluding hydrogens is 320 g/mol. The molecule has 0 saturated heterocycles. The molecule has 1 aliphatic rings. The Hall–Kier alpha value is -3.33. The molecule has 2 N–H and O–H groups in total. The van der Waals surface area contributed by atoms with Gasteiger partial charge in [-0.25, -0.2) is 0 Å². The minimum Gasteiger partial charge on any atom is -0.378 e. The Bertz CT molecular complexity index is 1070. The maximum atomic E-state index is 12.9. The standard InChI is InChI=1S/C23H18N2O/c26-23(22-14-17-7-2-4-11-20(17)25-22)18-9-5-8-15(12-18)21-13-16-6-1-3-10-19(16)24-21/h1-12,14,21,24-25H,13H2. The average molecular weight is 338 g/mol. The van der Waals surface area contributed by atoms with Crippen LogP contribution in [0, 0.1) is 0 Å². The van der Waals surface area contributed by atoms with Gasteiger partial charge in [0.2, 0.25) is 5.78 Å². The number of aromatic nitrogens is 1. The monoisotopic (exact) mass is 338 g/mol. The summed E-state index contributed by atoms with van der Waals surface area (Å²) in [5, 5.41) is 4.61. The molecule has 5 rings (SSSR count). The van der Waals surface area contributed by atoms with E-state index in [1.54, 1.807) is 0 Å². The van der Waals surface area contributed by atoms with Crippen LogP contribution in [0.1, 0.15) is 33.2 Å². The Labute approximate surface area is 151 Å². The number of anilines is 1. The number of ketones is 1. The third-order valence-corrected chi connectivity index (χ3v) is 5.10. The van der Waals surface area contributed by atoms with Gasteiger partial charge in [0.1, 0.15) is 0 Å². The number of H-pyrrole nitrogens is 1. The van der Waals surface area contributed by atoms with Crippen LogP contribution in [-0.2, 0) is 6.42 Å². The van der Waals surface area contributed by atoms with Crippen molar-refractivity contribution in [3.05, 3.63) is 101 Å².